The van der Waals surface area contributed by atoms with Crippen LogP contribution in [0.25, 0.3) is 0 Å². The minimum Gasteiger partial charge on any atom is -0.324 e. The molecule has 0 amide bonds. The molecular formula is C11H15N. The zero-order valence-corrected chi connectivity index (χ0v) is 7.46. The minimum atomic E-state index is 0.101. The first kappa shape index (κ1) is 9.01. The van der Waals surface area contributed by atoms with E-state index in [0.29, 0.717) is 0 Å². The van der Waals surface area contributed by atoms with E-state index in [2.05, 4.69) is 25.6 Å². The molecule has 0 saturated carbocycles. The second-order valence-corrected chi connectivity index (χ2v) is 2.99. The summed E-state index contributed by atoms with van der Waals surface area (Å²) in [6, 6.07) is 8.30. The maximum absolute atomic E-state index is 5.94. The molecule has 1 aromatic carbocycles. The van der Waals surface area contributed by atoms with Gasteiger partial charge in [0, 0.05) is 6.04 Å². The third-order valence-electron chi connectivity index (χ3n) is 2.01. The Kier molecular flexibility index (Phi) is 3.06. The predicted octanol–water partition coefficient (Wildman–Crippen LogP) is 2.57. The maximum Gasteiger partial charge on any atom is 0.0332 e. The van der Waals surface area contributed by atoms with Gasteiger partial charge in [-0.2, -0.15) is 0 Å². The molecule has 0 fully saturated rings. The number of aryl methyl sites for hydroxylation is 1. The van der Waals surface area contributed by atoms with Crippen molar-refractivity contribution in [1.29, 1.82) is 0 Å². The average Bonchev–Trinajstić information content (AvgIpc) is 2.05. The molecule has 2 N–H and O–H groups in total. The van der Waals surface area contributed by atoms with Gasteiger partial charge in [-0.15, -0.1) is 6.58 Å². The van der Waals surface area contributed by atoms with Gasteiger partial charge in [-0.25, -0.2) is 0 Å². The highest BCUT2D eigenvalue weighted by Gasteiger charge is 2.04. The van der Waals surface area contributed by atoms with Crippen molar-refractivity contribution >= 4 is 0 Å². The SMILES string of the molecule is C=CCC(N)c1ccccc1C. The van der Waals surface area contributed by atoms with Crippen molar-refractivity contribution in [3.63, 3.8) is 0 Å². The van der Waals surface area contributed by atoms with Crippen LogP contribution in [0.15, 0.2) is 36.9 Å². The van der Waals surface area contributed by atoms with E-state index in [4.69, 9.17) is 5.73 Å². The van der Waals surface area contributed by atoms with Gasteiger partial charge in [-0.05, 0) is 24.5 Å². The van der Waals surface area contributed by atoms with Crippen LogP contribution in [-0.2, 0) is 0 Å². The maximum atomic E-state index is 5.94. The first-order valence-corrected chi connectivity index (χ1v) is 4.17. The van der Waals surface area contributed by atoms with Crippen molar-refractivity contribution in [2.45, 2.75) is 19.4 Å². The van der Waals surface area contributed by atoms with Gasteiger partial charge in [0.1, 0.15) is 0 Å². The number of hydrogen-bond acceptors (Lipinski definition) is 1. The van der Waals surface area contributed by atoms with E-state index in [-0.39, 0.29) is 6.04 Å². The van der Waals surface area contributed by atoms with Crippen LogP contribution in [0.5, 0.6) is 0 Å². The van der Waals surface area contributed by atoms with Gasteiger partial charge in [-0.3, -0.25) is 0 Å². The third-order valence-corrected chi connectivity index (χ3v) is 2.01. The van der Waals surface area contributed by atoms with Crippen molar-refractivity contribution < 1.29 is 0 Å². The lowest BCUT2D eigenvalue weighted by Crippen LogP contribution is -2.10. The summed E-state index contributed by atoms with van der Waals surface area (Å²) in [5, 5.41) is 0. The molecule has 0 aromatic heterocycles. The van der Waals surface area contributed by atoms with Crippen molar-refractivity contribution in [2.75, 3.05) is 0 Å². The Morgan fingerprint density at radius 2 is 2.17 bits per heavy atom. The summed E-state index contributed by atoms with van der Waals surface area (Å²) in [6.45, 7) is 5.76. The highest BCUT2D eigenvalue weighted by atomic mass is 14.6. The van der Waals surface area contributed by atoms with E-state index in [0.717, 1.165) is 6.42 Å². The summed E-state index contributed by atoms with van der Waals surface area (Å²) in [6.07, 6.45) is 2.70. The van der Waals surface area contributed by atoms with Crippen LogP contribution in [0.3, 0.4) is 0 Å². The van der Waals surface area contributed by atoms with Crippen molar-refractivity contribution in [3.8, 4) is 0 Å². The molecule has 0 radical (unpaired) electrons. The van der Waals surface area contributed by atoms with Crippen LogP contribution in [0.2, 0.25) is 0 Å². The van der Waals surface area contributed by atoms with Gasteiger partial charge < -0.3 is 5.73 Å². The Morgan fingerprint density at radius 1 is 1.50 bits per heavy atom. The standard InChI is InChI=1S/C11H15N/c1-3-6-11(12)10-8-5-4-7-9(10)2/h3-5,7-8,11H,1,6,12H2,2H3. The first-order valence-electron chi connectivity index (χ1n) is 4.17. The van der Waals surface area contributed by atoms with Crippen molar-refractivity contribution in [3.05, 3.63) is 48.0 Å². The molecule has 0 aliphatic rings. The monoisotopic (exact) mass is 161 g/mol. The zero-order valence-electron chi connectivity index (χ0n) is 7.46. The lowest BCUT2D eigenvalue weighted by molar-refractivity contribution is 0.736. The Morgan fingerprint density at radius 3 is 2.75 bits per heavy atom. The second-order valence-electron chi connectivity index (χ2n) is 2.99. The molecule has 1 unspecified atom stereocenters. The van der Waals surface area contributed by atoms with E-state index in [9.17, 15) is 0 Å². The molecule has 64 valence electrons. The largest absolute Gasteiger partial charge is 0.324 e. The lowest BCUT2D eigenvalue weighted by atomic mass is 10.00. The third kappa shape index (κ3) is 1.95. The summed E-state index contributed by atoms with van der Waals surface area (Å²) >= 11 is 0. The summed E-state index contributed by atoms with van der Waals surface area (Å²) in [5.41, 5.74) is 8.41. The molecule has 1 atom stereocenters. The van der Waals surface area contributed by atoms with Crippen molar-refractivity contribution in [2.24, 2.45) is 5.73 Å². The van der Waals surface area contributed by atoms with E-state index in [1.807, 2.05) is 18.2 Å². The molecule has 0 spiro atoms. The van der Waals surface area contributed by atoms with E-state index in [1.165, 1.54) is 11.1 Å². The molecule has 0 saturated heterocycles. The van der Waals surface area contributed by atoms with Gasteiger partial charge in [0.15, 0.2) is 0 Å². The van der Waals surface area contributed by atoms with Gasteiger partial charge >= 0.3 is 0 Å². The van der Waals surface area contributed by atoms with E-state index in [1.54, 1.807) is 0 Å². The Labute approximate surface area is 73.9 Å². The average molecular weight is 161 g/mol. The first-order chi connectivity index (χ1) is 5.75. The molecule has 1 nitrogen and oxygen atoms in total. The fourth-order valence-electron chi connectivity index (χ4n) is 1.31. The van der Waals surface area contributed by atoms with Gasteiger partial charge in [0.25, 0.3) is 0 Å². The van der Waals surface area contributed by atoms with Gasteiger partial charge in [0.05, 0.1) is 0 Å². The minimum absolute atomic E-state index is 0.101. The normalized spacial score (nSPS) is 12.5. The van der Waals surface area contributed by atoms with Crippen LogP contribution < -0.4 is 5.73 Å². The molecule has 0 aliphatic carbocycles. The fourth-order valence-corrected chi connectivity index (χ4v) is 1.31. The molecule has 12 heavy (non-hydrogen) atoms. The van der Waals surface area contributed by atoms with E-state index < -0.39 is 0 Å². The lowest BCUT2D eigenvalue weighted by Gasteiger charge is -2.11. The highest BCUT2D eigenvalue weighted by molar-refractivity contribution is 5.28. The van der Waals surface area contributed by atoms with Crippen LogP contribution >= 0.6 is 0 Å². The summed E-state index contributed by atoms with van der Waals surface area (Å²) in [5.74, 6) is 0. The zero-order chi connectivity index (χ0) is 8.97. The highest BCUT2D eigenvalue weighted by Crippen LogP contribution is 2.17. The molecule has 1 heteroatoms. The molecule has 0 aliphatic heterocycles. The summed E-state index contributed by atoms with van der Waals surface area (Å²) in [4.78, 5) is 0. The van der Waals surface area contributed by atoms with Crippen LogP contribution in [0.1, 0.15) is 23.6 Å². The quantitative estimate of drug-likeness (QED) is 0.677. The molecule has 0 bridgehead atoms. The van der Waals surface area contributed by atoms with Crippen LogP contribution in [-0.4, -0.2) is 0 Å². The Hall–Kier alpha value is -1.08. The van der Waals surface area contributed by atoms with Gasteiger partial charge in [-0.1, -0.05) is 30.3 Å². The van der Waals surface area contributed by atoms with Crippen LogP contribution in [0.4, 0.5) is 0 Å². The van der Waals surface area contributed by atoms with Crippen LogP contribution in [0, 0.1) is 6.92 Å². The Balaban J connectivity index is 2.86. The number of rotatable bonds is 3. The number of nitrogens with two attached hydrogens (primary N) is 1. The summed E-state index contributed by atoms with van der Waals surface area (Å²) in [7, 11) is 0. The predicted molar refractivity (Wildman–Crippen MR) is 52.9 cm³/mol. The Bertz CT molecular complexity index is 265. The second kappa shape index (κ2) is 4.07. The summed E-state index contributed by atoms with van der Waals surface area (Å²) < 4.78 is 0. The number of benzene rings is 1. The molecular weight excluding hydrogens is 146 g/mol. The number of hydrogen-bond donors (Lipinski definition) is 1. The fraction of sp³-hybridized carbons (Fsp3) is 0.273. The molecule has 1 aromatic rings. The molecule has 1 rings (SSSR count). The van der Waals surface area contributed by atoms with E-state index >= 15 is 0 Å². The molecule has 0 heterocycles. The van der Waals surface area contributed by atoms with Gasteiger partial charge in [0.2, 0.25) is 0 Å². The smallest absolute Gasteiger partial charge is 0.0332 e. The van der Waals surface area contributed by atoms with Crippen molar-refractivity contribution in [1.82, 2.24) is 0 Å². The topological polar surface area (TPSA) is 26.0 Å².